The third-order valence-corrected chi connectivity index (χ3v) is 4.09. The Hall–Kier alpha value is -0.870. The molecule has 0 bridgehead atoms. The molecule has 94 valence electrons. The molecule has 0 aliphatic heterocycles. The Balaban J connectivity index is 1.97. The molecule has 17 heavy (non-hydrogen) atoms. The Bertz CT molecular complexity index is 344. The first-order chi connectivity index (χ1) is 8.31. The number of carbonyl (C=O) groups is 1. The summed E-state index contributed by atoms with van der Waals surface area (Å²) in [6.07, 6.45) is 5.07. The fourth-order valence-corrected chi connectivity index (χ4v) is 3.17. The van der Waals surface area contributed by atoms with E-state index in [2.05, 4.69) is 0 Å². The van der Waals surface area contributed by atoms with Gasteiger partial charge >= 0.3 is 0 Å². The predicted molar refractivity (Wildman–Crippen MR) is 69.1 cm³/mol. The van der Waals surface area contributed by atoms with E-state index < -0.39 is 0 Å². The van der Waals surface area contributed by atoms with E-state index in [4.69, 9.17) is 5.11 Å². The minimum atomic E-state index is 0.0614. The van der Waals surface area contributed by atoms with Gasteiger partial charge in [-0.1, -0.05) is 12.8 Å². The highest BCUT2D eigenvalue weighted by molar-refractivity contribution is 7.07. The van der Waals surface area contributed by atoms with Crippen LogP contribution < -0.4 is 0 Å². The summed E-state index contributed by atoms with van der Waals surface area (Å²) in [5, 5.41) is 13.1. The van der Waals surface area contributed by atoms with Crippen molar-refractivity contribution in [1.82, 2.24) is 4.90 Å². The lowest BCUT2D eigenvalue weighted by atomic mass is 10.1. The quantitative estimate of drug-likeness (QED) is 0.872. The summed E-state index contributed by atoms with van der Waals surface area (Å²) in [5.41, 5.74) is 1.08. The molecule has 0 saturated heterocycles. The molecule has 1 amide bonds. The summed E-state index contributed by atoms with van der Waals surface area (Å²) in [7, 11) is 0. The van der Waals surface area contributed by atoms with Crippen molar-refractivity contribution in [1.29, 1.82) is 0 Å². The van der Waals surface area contributed by atoms with Crippen molar-refractivity contribution in [3.63, 3.8) is 0 Å². The molecule has 1 aromatic heterocycles. The average molecular weight is 253 g/mol. The van der Waals surface area contributed by atoms with E-state index in [0.29, 0.717) is 19.0 Å². The van der Waals surface area contributed by atoms with E-state index in [9.17, 15) is 4.79 Å². The smallest absolute Gasteiger partial charge is 0.227 e. The molecule has 1 saturated carbocycles. The van der Waals surface area contributed by atoms with Gasteiger partial charge in [-0.3, -0.25) is 4.79 Å². The van der Waals surface area contributed by atoms with E-state index in [1.165, 1.54) is 12.8 Å². The second-order valence-corrected chi connectivity index (χ2v) is 5.34. The molecule has 2 rings (SSSR count). The SMILES string of the molecule is O=C(Cc1ccsc1)N(CCO)C1CCCC1. The first-order valence-corrected chi connectivity index (χ1v) is 7.17. The molecule has 1 aliphatic carbocycles. The Morgan fingerprint density at radius 3 is 2.82 bits per heavy atom. The monoisotopic (exact) mass is 253 g/mol. The summed E-state index contributed by atoms with van der Waals surface area (Å²) in [6.45, 7) is 0.541. The van der Waals surface area contributed by atoms with E-state index in [1.54, 1.807) is 11.3 Å². The minimum Gasteiger partial charge on any atom is -0.395 e. The van der Waals surface area contributed by atoms with Crippen LogP contribution in [-0.4, -0.2) is 35.1 Å². The van der Waals surface area contributed by atoms with Gasteiger partial charge in [-0.15, -0.1) is 0 Å². The van der Waals surface area contributed by atoms with E-state index >= 15 is 0 Å². The molecule has 1 aromatic rings. The maximum absolute atomic E-state index is 12.2. The minimum absolute atomic E-state index is 0.0614. The van der Waals surface area contributed by atoms with Crippen LogP contribution in [0.2, 0.25) is 0 Å². The maximum atomic E-state index is 12.2. The lowest BCUT2D eigenvalue weighted by Gasteiger charge is -2.28. The van der Waals surface area contributed by atoms with E-state index in [-0.39, 0.29) is 12.5 Å². The van der Waals surface area contributed by atoms with Gasteiger partial charge in [0.25, 0.3) is 0 Å². The second-order valence-electron chi connectivity index (χ2n) is 4.56. The van der Waals surface area contributed by atoms with Crippen LogP contribution in [0.25, 0.3) is 0 Å². The molecule has 1 N–H and O–H groups in total. The summed E-state index contributed by atoms with van der Waals surface area (Å²) in [4.78, 5) is 14.1. The van der Waals surface area contributed by atoms with Crippen molar-refractivity contribution in [2.45, 2.75) is 38.1 Å². The maximum Gasteiger partial charge on any atom is 0.227 e. The molecule has 0 atom stereocenters. The van der Waals surface area contributed by atoms with Crippen LogP contribution >= 0.6 is 11.3 Å². The molecular weight excluding hydrogens is 234 g/mol. The number of hydrogen-bond donors (Lipinski definition) is 1. The highest BCUT2D eigenvalue weighted by atomic mass is 32.1. The fourth-order valence-electron chi connectivity index (χ4n) is 2.50. The number of aliphatic hydroxyl groups is 1. The third kappa shape index (κ3) is 3.30. The van der Waals surface area contributed by atoms with Gasteiger partial charge in [-0.05, 0) is 35.2 Å². The van der Waals surface area contributed by atoms with Crippen LogP contribution in [0.3, 0.4) is 0 Å². The molecule has 1 fully saturated rings. The number of rotatable bonds is 5. The largest absolute Gasteiger partial charge is 0.395 e. The zero-order valence-electron chi connectivity index (χ0n) is 9.97. The van der Waals surface area contributed by atoms with Crippen molar-refractivity contribution in [3.8, 4) is 0 Å². The lowest BCUT2D eigenvalue weighted by molar-refractivity contribution is -0.133. The number of carbonyl (C=O) groups excluding carboxylic acids is 1. The van der Waals surface area contributed by atoms with Gasteiger partial charge in [-0.2, -0.15) is 11.3 Å². The van der Waals surface area contributed by atoms with Crippen LogP contribution in [0.1, 0.15) is 31.2 Å². The third-order valence-electron chi connectivity index (χ3n) is 3.36. The van der Waals surface area contributed by atoms with Gasteiger partial charge in [-0.25, -0.2) is 0 Å². The summed E-state index contributed by atoms with van der Waals surface area (Å²) in [6, 6.07) is 2.35. The Labute approximate surface area is 106 Å². The van der Waals surface area contributed by atoms with Crippen molar-refractivity contribution in [3.05, 3.63) is 22.4 Å². The van der Waals surface area contributed by atoms with Gasteiger partial charge in [0.1, 0.15) is 0 Å². The number of aliphatic hydroxyl groups excluding tert-OH is 1. The standard InChI is InChI=1S/C13H19NO2S/c15-7-6-14(12-3-1-2-4-12)13(16)9-11-5-8-17-10-11/h5,8,10,12,15H,1-4,6-7,9H2. The van der Waals surface area contributed by atoms with Gasteiger partial charge in [0, 0.05) is 12.6 Å². The molecule has 1 heterocycles. The average Bonchev–Trinajstić information content (AvgIpc) is 2.97. The topological polar surface area (TPSA) is 40.5 Å². The molecule has 0 unspecified atom stereocenters. The molecular formula is C13H19NO2S. The Morgan fingerprint density at radius 2 is 2.24 bits per heavy atom. The van der Waals surface area contributed by atoms with Crippen LogP contribution in [-0.2, 0) is 11.2 Å². The van der Waals surface area contributed by atoms with Gasteiger partial charge in [0.2, 0.25) is 5.91 Å². The lowest BCUT2D eigenvalue weighted by Crippen LogP contribution is -2.41. The summed E-state index contributed by atoms with van der Waals surface area (Å²) >= 11 is 1.62. The highest BCUT2D eigenvalue weighted by Crippen LogP contribution is 2.24. The zero-order chi connectivity index (χ0) is 12.1. The second kappa shape index (κ2) is 6.17. The van der Waals surface area contributed by atoms with Crippen molar-refractivity contribution in [2.24, 2.45) is 0 Å². The molecule has 0 spiro atoms. The van der Waals surface area contributed by atoms with E-state index in [0.717, 1.165) is 18.4 Å². The normalized spacial score (nSPS) is 16.3. The van der Waals surface area contributed by atoms with Gasteiger partial charge < -0.3 is 10.0 Å². The number of hydrogen-bond acceptors (Lipinski definition) is 3. The number of amides is 1. The zero-order valence-corrected chi connectivity index (χ0v) is 10.8. The van der Waals surface area contributed by atoms with Crippen molar-refractivity contribution >= 4 is 17.2 Å². The molecule has 3 nitrogen and oxygen atoms in total. The molecule has 1 aliphatic rings. The molecule has 4 heteroatoms. The Morgan fingerprint density at radius 1 is 1.47 bits per heavy atom. The van der Waals surface area contributed by atoms with Gasteiger partial charge in [0.05, 0.1) is 13.0 Å². The predicted octanol–water partition coefficient (Wildman–Crippen LogP) is 2.05. The van der Waals surface area contributed by atoms with Crippen LogP contribution in [0.15, 0.2) is 16.8 Å². The van der Waals surface area contributed by atoms with Crippen LogP contribution in [0.4, 0.5) is 0 Å². The Kier molecular flexibility index (Phi) is 4.57. The van der Waals surface area contributed by atoms with Crippen LogP contribution in [0.5, 0.6) is 0 Å². The number of nitrogens with zero attached hydrogens (tertiary/aromatic N) is 1. The highest BCUT2D eigenvalue weighted by Gasteiger charge is 2.25. The molecule has 0 aromatic carbocycles. The summed E-state index contributed by atoms with van der Waals surface area (Å²) < 4.78 is 0. The van der Waals surface area contributed by atoms with Crippen molar-refractivity contribution < 1.29 is 9.90 Å². The van der Waals surface area contributed by atoms with Crippen LogP contribution in [0, 0.1) is 0 Å². The van der Waals surface area contributed by atoms with Crippen molar-refractivity contribution in [2.75, 3.05) is 13.2 Å². The fraction of sp³-hybridized carbons (Fsp3) is 0.615. The van der Waals surface area contributed by atoms with E-state index in [1.807, 2.05) is 21.7 Å². The first-order valence-electron chi connectivity index (χ1n) is 6.22. The number of thiophene rings is 1. The molecule has 0 radical (unpaired) electrons. The van der Waals surface area contributed by atoms with Gasteiger partial charge in [0.15, 0.2) is 0 Å². The first kappa shape index (κ1) is 12.6. The summed E-state index contributed by atoms with van der Waals surface area (Å²) in [5.74, 6) is 0.157.